The van der Waals surface area contributed by atoms with E-state index < -0.39 is 0 Å². The van der Waals surface area contributed by atoms with Gasteiger partial charge in [-0.1, -0.05) is 30.3 Å². The van der Waals surface area contributed by atoms with Gasteiger partial charge in [0.1, 0.15) is 6.61 Å². The van der Waals surface area contributed by atoms with Crippen LogP contribution in [0.2, 0.25) is 0 Å². The molecule has 9 heteroatoms. The van der Waals surface area contributed by atoms with E-state index in [9.17, 15) is 4.79 Å². The number of aromatic nitrogens is 3. The van der Waals surface area contributed by atoms with Gasteiger partial charge < -0.3 is 19.4 Å². The smallest absolute Gasteiger partial charge is 0.228 e. The van der Waals surface area contributed by atoms with Gasteiger partial charge in [-0.3, -0.25) is 9.69 Å². The summed E-state index contributed by atoms with van der Waals surface area (Å²) in [5.74, 6) is 2.16. The predicted octanol–water partition coefficient (Wildman–Crippen LogP) is 3.77. The Hall–Kier alpha value is -3.17. The lowest BCUT2D eigenvalue weighted by atomic mass is 9.97. The van der Waals surface area contributed by atoms with Crippen molar-refractivity contribution < 1.29 is 14.3 Å². The number of nitrogens with one attached hydrogen (secondary N) is 1. The second-order valence-corrected chi connectivity index (χ2v) is 8.84. The maximum Gasteiger partial charge on any atom is 0.228 e. The van der Waals surface area contributed by atoms with Gasteiger partial charge in [0.15, 0.2) is 28.2 Å². The molecule has 2 aliphatic rings. The second-order valence-electron chi connectivity index (χ2n) is 8.48. The van der Waals surface area contributed by atoms with E-state index in [1.54, 1.807) is 0 Å². The van der Waals surface area contributed by atoms with Gasteiger partial charge in [-0.15, -0.1) is 0 Å². The molecule has 2 aromatic carbocycles. The fourth-order valence-corrected chi connectivity index (χ4v) is 4.57. The number of benzene rings is 2. The number of hydrogen-bond acceptors (Lipinski definition) is 6. The van der Waals surface area contributed by atoms with E-state index in [1.165, 1.54) is 0 Å². The second kappa shape index (κ2) is 9.36. The zero-order valence-electron chi connectivity index (χ0n) is 18.5. The average molecular weight is 466 g/mol. The first kappa shape index (κ1) is 21.7. The molecule has 0 spiro atoms. The predicted molar refractivity (Wildman–Crippen MR) is 127 cm³/mol. The highest BCUT2D eigenvalue weighted by molar-refractivity contribution is 7.71. The first-order valence-electron chi connectivity index (χ1n) is 11.2. The quantitative estimate of drug-likeness (QED) is 0.579. The molecule has 3 aromatic rings. The van der Waals surface area contributed by atoms with Crippen molar-refractivity contribution in [1.29, 1.82) is 0 Å². The van der Waals surface area contributed by atoms with Gasteiger partial charge in [0.25, 0.3) is 0 Å². The molecule has 2 aliphatic heterocycles. The molecule has 3 heterocycles. The minimum Gasteiger partial charge on any atom is -0.485 e. The summed E-state index contributed by atoms with van der Waals surface area (Å²) in [7, 11) is 1.90. The van der Waals surface area contributed by atoms with Gasteiger partial charge in [0.2, 0.25) is 5.91 Å². The first-order chi connectivity index (χ1) is 16.1. The molecule has 0 bridgehead atoms. The molecule has 5 rings (SSSR count). The molecule has 1 aromatic heterocycles. The molecule has 0 aliphatic carbocycles. The van der Waals surface area contributed by atoms with Crippen molar-refractivity contribution in [2.45, 2.75) is 25.6 Å². The summed E-state index contributed by atoms with van der Waals surface area (Å²) in [6.45, 7) is 2.48. The number of piperidine rings is 1. The van der Waals surface area contributed by atoms with Gasteiger partial charge in [-0.2, -0.15) is 5.10 Å². The third kappa shape index (κ3) is 4.65. The molecule has 8 nitrogen and oxygen atoms in total. The van der Waals surface area contributed by atoms with Crippen molar-refractivity contribution in [3.63, 3.8) is 0 Å². The molecule has 1 fully saturated rings. The van der Waals surface area contributed by atoms with Crippen LogP contribution < -0.4 is 14.8 Å². The van der Waals surface area contributed by atoms with Crippen LogP contribution in [0.4, 0.5) is 5.69 Å². The van der Waals surface area contributed by atoms with Crippen LogP contribution >= 0.6 is 12.2 Å². The Labute approximate surface area is 197 Å². The zero-order valence-corrected chi connectivity index (χ0v) is 19.3. The lowest BCUT2D eigenvalue weighted by Crippen LogP contribution is -2.41. The molecule has 0 saturated carbocycles. The third-order valence-electron chi connectivity index (χ3n) is 6.12. The van der Waals surface area contributed by atoms with Gasteiger partial charge in [-0.25, -0.2) is 4.68 Å². The molecular formula is C24H27N5O3S. The fourth-order valence-electron chi connectivity index (χ4n) is 4.38. The van der Waals surface area contributed by atoms with Crippen molar-refractivity contribution in [3.05, 3.63) is 65.2 Å². The molecule has 33 heavy (non-hydrogen) atoms. The average Bonchev–Trinajstić information content (AvgIpc) is 3.13. The highest BCUT2D eigenvalue weighted by Gasteiger charge is 2.29. The Morgan fingerprint density at radius 2 is 1.91 bits per heavy atom. The summed E-state index contributed by atoms with van der Waals surface area (Å²) >= 11 is 5.66. The van der Waals surface area contributed by atoms with E-state index in [-0.39, 0.29) is 17.9 Å². The summed E-state index contributed by atoms with van der Waals surface area (Å²) in [5.41, 5.74) is 0.826. The standard InChI is InChI=1S/C24H27N5O3S/c1-27-22(21-15-31-19-11-5-6-12-20(19)32-21)26-29(24(27)33)16-28-13-7-8-17(14-28)23(30)25-18-9-3-2-4-10-18/h2-6,9-12,17,21H,7-8,13-16H2,1H3,(H,25,30)/t17-,21+/m0/s1. The molecule has 2 atom stereocenters. The van der Waals surface area contributed by atoms with Crippen LogP contribution in [0, 0.1) is 10.7 Å². The van der Waals surface area contributed by atoms with E-state index >= 15 is 0 Å². The van der Waals surface area contributed by atoms with Crippen molar-refractivity contribution in [3.8, 4) is 11.5 Å². The maximum absolute atomic E-state index is 12.8. The van der Waals surface area contributed by atoms with Crippen molar-refractivity contribution in [2.75, 3.05) is 25.0 Å². The summed E-state index contributed by atoms with van der Waals surface area (Å²) in [6.07, 6.45) is 1.50. The highest BCUT2D eigenvalue weighted by Crippen LogP contribution is 2.35. The van der Waals surface area contributed by atoms with Gasteiger partial charge in [0, 0.05) is 19.3 Å². The third-order valence-corrected chi connectivity index (χ3v) is 6.61. The normalized spacial score (nSPS) is 20.4. The first-order valence-corrected chi connectivity index (χ1v) is 11.6. The molecule has 172 valence electrons. The summed E-state index contributed by atoms with van der Waals surface area (Å²) in [4.78, 5) is 15.0. The number of nitrogens with zero attached hydrogens (tertiary/aromatic N) is 4. The minimum absolute atomic E-state index is 0.0580. The number of ether oxygens (including phenoxy) is 2. The number of para-hydroxylation sites is 3. The topological polar surface area (TPSA) is 73.5 Å². The molecule has 0 unspecified atom stereocenters. The number of carbonyl (C=O) groups excluding carboxylic acids is 1. The monoisotopic (exact) mass is 465 g/mol. The summed E-state index contributed by atoms with van der Waals surface area (Å²) in [5, 5.41) is 7.79. The van der Waals surface area contributed by atoms with Crippen LogP contribution in [0.25, 0.3) is 0 Å². The zero-order chi connectivity index (χ0) is 22.8. The molecule has 1 saturated heterocycles. The summed E-state index contributed by atoms with van der Waals surface area (Å²) in [6, 6.07) is 17.2. The number of anilines is 1. The van der Waals surface area contributed by atoms with E-state index in [1.807, 2.05) is 70.9 Å². The molecule has 0 radical (unpaired) electrons. The Morgan fingerprint density at radius 1 is 1.15 bits per heavy atom. The van der Waals surface area contributed by atoms with Crippen LogP contribution in [0.3, 0.4) is 0 Å². The maximum atomic E-state index is 12.8. The Kier molecular flexibility index (Phi) is 6.15. The van der Waals surface area contributed by atoms with E-state index in [4.69, 9.17) is 26.8 Å². The van der Waals surface area contributed by atoms with Crippen LogP contribution in [-0.4, -0.2) is 44.9 Å². The van der Waals surface area contributed by atoms with Crippen molar-refractivity contribution in [1.82, 2.24) is 19.2 Å². The SMILES string of the molecule is Cn1c([C@H]2COc3ccccc3O2)nn(CN2CCC[C@H](C(=O)Nc3ccccc3)C2)c1=S. The fraction of sp³-hybridized carbons (Fsp3) is 0.375. The molecule has 1 amide bonds. The number of amides is 1. The Balaban J connectivity index is 1.26. The van der Waals surface area contributed by atoms with Crippen LogP contribution in [0.1, 0.15) is 24.8 Å². The largest absolute Gasteiger partial charge is 0.485 e. The van der Waals surface area contributed by atoms with Crippen LogP contribution in [-0.2, 0) is 18.5 Å². The van der Waals surface area contributed by atoms with Gasteiger partial charge in [-0.05, 0) is 55.9 Å². The Morgan fingerprint density at radius 3 is 2.73 bits per heavy atom. The minimum atomic E-state index is -0.335. The van der Waals surface area contributed by atoms with E-state index in [2.05, 4.69) is 10.2 Å². The van der Waals surface area contributed by atoms with Crippen LogP contribution in [0.5, 0.6) is 11.5 Å². The number of carbonyl (C=O) groups is 1. The van der Waals surface area contributed by atoms with E-state index in [0.29, 0.717) is 30.3 Å². The molecule has 1 N–H and O–H groups in total. The van der Waals surface area contributed by atoms with Crippen molar-refractivity contribution in [2.24, 2.45) is 13.0 Å². The number of fused-ring (bicyclic) bond motifs is 1. The van der Waals surface area contributed by atoms with Crippen molar-refractivity contribution >= 4 is 23.8 Å². The number of rotatable bonds is 5. The van der Waals surface area contributed by atoms with Gasteiger partial charge >= 0.3 is 0 Å². The Bertz CT molecular complexity index is 1190. The lowest BCUT2D eigenvalue weighted by molar-refractivity contribution is -0.121. The summed E-state index contributed by atoms with van der Waals surface area (Å²) < 4.78 is 16.3. The number of likely N-dealkylation sites (tertiary alicyclic amines) is 1. The van der Waals surface area contributed by atoms with Crippen LogP contribution in [0.15, 0.2) is 54.6 Å². The van der Waals surface area contributed by atoms with E-state index in [0.717, 1.165) is 36.6 Å². The molecular weight excluding hydrogens is 438 g/mol. The lowest BCUT2D eigenvalue weighted by Gasteiger charge is -2.31. The van der Waals surface area contributed by atoms with Gasteiger partial charge in [0.05, 0.1) is 12.6 Å². The highest BCUT2D eigenvalue weighted by atomic mass is 32.1. The number of hydrogen-bond donors (Lipinski definition) is 1.